The van der Waals surface area contributed by atoms with Crippen molar-refractivity contribution in [3.63, 3.8) is 0 Å². The molecule has 72 valence electrons. The predicted molar refractivity (Wildman–Crippen MR) is 52.7 cm³/mol. The van der Waals surface area contributed by atoms with Gasteiger partial charge in [-0.1, -0.05) is 13.8 Å². The lowest BCUT2D eigenvalue weighted by Crippen LogP contribution is -2.22. The molecule has 0 aliphatic carbocycles. The smallest absolute Gasteiger partial charge is 0.269 e. The lowest BCUT2D eigenvalue weighted by atomic mass is 10.1. The number of aryl methyl sites for hydroxylation is 1. The Morgan fingerprint density at radius 3 is 2.69 bits per heavy atom. The van der Waals surface area contributed by atoms with Crippen LogP contribution >= 0.6 is 0 Å². The minimum absolute atomic E-state index is 0.000602. The zero-order valence-corrected chi connectivity index (χ0v) is 8.45. The van der Waals surface area contributed by atoms with Crippen LogP contribution in [0.15, 0.2) is 17.2 Å². The average Bonchev–Trinajstić information content (AvgIpc) is 2.03. The Morgan fingerprint density at radius 1 is 1.46 bits per heavy atom. The van der Waals surface area contributed by atoms with E-state index >= 15 is 0 Å². The highest BCUT2D eigenvalue weighted by Crippen LogP contribution is 2.02. The molecule has 0 saturated carbocycles. The highest BCUT2D eigenvalue weighted by atomic mass is 16.1. The van der Waals surface area contributed by atoms with Crippen molar-refractivity contribution in [2.24, 2.45) is 5.92 Å². The van der Waals surface area contributed by atoms with Gasteiger partial charge in [0.15, 0.2) is 0 Å². The van der Waals surface area contributed by atoms with Crippen LogP contribution in [0.2, 0.25) is 0 Å². The van der Waals surface area contributed by atoms with Crippen LogP contribution < -0.4 is 5.56 Å². The number of aromatic nitrogens is 2. The Kier molecular flexibility index (Phi) is 3.23. The van der Waals surface area contributed by atoms with Crippen LogP contribution in [0.3, 0.4) is 0 Å². The van der Waals surface area contributed by atoms with Gasteiger partial charge in [0.1, 0.15) is 0 Å². The fourth-order valence-electron chi connectivity index (χ4n) is 1.20. The number of rotatable bonds is 3. The standard InChI is InChI=1S/C10H16N2O/c1-8(2)4-5-12-9(3)6-11-7-10(12)13/h6-8H,4-5H2,1-3H3. The van der Waals surface area contributed by atoms with E-state index in [1.807, 2.05) is 6.92 Å². The van der Waals surface area contributed by atoms with Crippen molar-refractivity contribution in [2.75, 3.05) is 0 Å². The van der Waals surface area contributed by atoms with Crippen LogP contribution in [-0.2, 0) is 6.54 Å². The predicted octanol–water partition coefficient (Wildman–Crippen LogP) is 1.60. The molecule has 0 bridgehead atoms. The molecule has 0 N–H and O–H groups in total. The van der Waals surface area contributed by atoms with Crippen LogP contribution in [0, 0.1) is 12.8 Å². The minimum Gasteiger partial charge on any atom is -0.310 e. The monoisotopic (exact) mass is 180 g/mol. The van der Waals surface area contributed by atoms with Crippen LogP contribution in [0.4, 0.5) is 0 Å². The van der Waals surface area contributed by atoms with E-state index in [9.17, 15) is 4.79 Å². The van der Waals surface area contributed by atoms with Crippen molar-refractivity contribution in [1.82, 2.24) is 9.55 Å². The molecule has 0 spiro atoms. The normalized spacial score (nSPS) is 10.8. The van der Waals surface area contributed by atoms with E-state index in [1.54, 1.807) is 10.8 Å². The molecule has 13 heavy (non-hydrogen) atoms. The van der Waals surface area contributed by atoms with Gasteiger partial charge in [-0.15, -0.1) is 0 Å². The molecule has 0 aliphatic heterocycles. The molecular formula is C10H16N2O. The van der Waals surface area contributed by atoms with Crippen LogP contribution in [0.25, 0.3) is 0 Å². The van der Waals surface area contributed by atoms with E-state index in [-0.39, 0.29) is 5.56 Å². The SMILES string of the molecule is Cc1cncc(=O)n1CCC(C)C. The summed E-state index contributed by atoms with van der Waals surface area (Å²) in [6, 6.07) is 0. The Morgan fingerprint density at radius 2 is 2.15 bits per heavy atom. The zero-order chi connectivity index (χ0) is 9.84. The van der Waals surface area contributed by atoms with E-state index in [2.05, 4.69) is 18.8 Å². The molecule has 0 unspecified atom stereocenters. The minimum atomic E-state index is 0.000602. The largest absolute Gasteiger partial charge is 0.310 e. The fraction of sp³-hybridized carbons (Fsp3) is 0.600. The maximum atomic E-state index is 11.4. The molecular weight excluding hydrogens is 164 g/mol. The van der Waals surface area contributed by atoms with E-state index in [1.165, 1.54) is 6.20 Å². The first kappa shape index (κ1) is 9.96. The molecule has 0 atom stereocenters. The second-order valence-corrected chi connectivity index (χ2v) is 3.72. The third-order valence-corrected chi connectivity index (χ3v) is 2.07. The number of hydrogen-bond donors (Lipinski definition) is 0. The van der Waals surface area contributed by atoms with Gasteiger partial charge in [0, 0.05) is 18.4 Å². The van der Waals surface area contributed by atoms with Gasteiger partial charge in [0.2, 0.25) is 0 Å². The van der Waals surface area contributed by atoms with E-state index < -0.39 is 0 Å². The van der Waals surface area contributed by atoms with Crippen molar-refractivity contribution < 1.29 is 0 Å². The van der Waals surface area contributed by atoms with E-state index in [0.717, 1.165) is 18.7 Å². The van der Waals surface area contributed by atoms with Gasteiger partial charge in [-0.05, 0) is 19.3 Å². The summed E-state index contributed by atoms with van der Waals surface area (Å²) in [4.78, 5) is 15.2. The summed E-state index contributed by atoms with van der Waals surface area (Å²) in [5, 5.41) is 0. The third kappa shape index (κ3) is 2.68. The second kappa shape index (κ2) is 4.21. The molecule has 1 aromatic rings. The lowest BCUT2D eigenvalue weighted by molar-refractivity contribution is 0.500. The summed E-state index contributed by atoms with van der Waals surface area (Å²) in [6.45, 7) is 7.02. The van der Waals surface area contributed by atoms with Crippen molar-refractivity contribution in [2.45, 2.75) is 33.7 Å². The summed E-state index contributed by atoms with van der Waals surface area (Å²) in [5.74, 6) is 0.625. The van der Waals surface area contributed by atoms with Gasteiger partial charge in [0.25, 0.3) is 5.56 Å². The molecule has 0 saturated heterocycles. The van der Waals surface area contributed by atoms with Gasteiger partial charge in [-0.2, -0.15) is 0 Å². The molecule has 1 heterocycles. The number of nitrogens with zero attached hydrogens (tertiary/aromatic N) is 2. The highest BCUT2D eigenvalue weighted by Gasteiger charge is 2.00. The molecule has 0 amide bonds. The van der Waals surface area contributed by atoms with E-state index in [0.29, 0.717) is 5.92 Å². The Hall–Kier alpha value is -1.12. The van der Waals surface area contributed by atoms with Gasteiger partial charge < -0.3 is 4.57 Å². The Labute approximate surface area is 78.4 Å². The first-order valence-corrected chi connectivity index (χ1v) is 4.62. The summed E-state index contributed by atoms with van der Waals surface area (Å²) < 4.78 is 1.77. The van der Waals surface area contributed by atoms with Gasteiger partial charge in [-0.3, -0.25) is 9.78 Å². The highest BCUT2D eigenvalue weighted by molar-refractivity contribution is 4.95. The quantitative estimate of drug-likeness (QED) is 0.708. The molecule has 0 aliphatic rings. The van der Waals surface area contributed by atoms with Crippen molar-refractivity contribution in [3.05, 3.63) is 28.4 Å². The molecule has 0 aromatic carbocycles. The maximum Gasteiger partial charge on any atom is 0.269 e. The van der Waals surface area contributed by atoms with Crippen LogP contribution in [0.1, 0.15) is 26.0 Å². The second-order valence-electron chi connectivity index (χ2n) is 3.72. The van der Waals surface area contributed by atoms with Crippen molar-refractivity contribution >= 4 is 0 Å². The van der Waals surface area contributed by atoms with Crippen LogP contribution in [-0.4, -0.2) is 9.55 Å². The molecule has 1 rings (SSSR count). The Bertz CT molecular complexity index is 328. The molecule has 0 radical (unpaired) electrons. The van der Waals surface area contributed by atoms with Gasteiger partial charge in [0.05, 0.1) is 6.20 Å². The molecule has 3 nitrogen and oxygen atoms in total. The summed E-state index contributed by atoms with van der Waals surface area (Å²) in [7, 11) is 0. The fourth-order valence-corrected chi connectivity index (χ4v) is 1.20. The van der Waals surface area contributed by atoms with Crippen molar-refractivity contribution in [3.8, 4) is 0 Å². The van der Waals surface area contributed by atoms with Gasteiger partial charge >= 0.3 is 0 Å². The first-order valence-electron chi connectivity index (χ1n) is 4.62. The van der Waals surface area contributed by atoms with Crippen molar-refractivity contribution in [1.29, 1.82) is 0 Å². The first-order chi connectivity index (χ1) is 6.11. The maximum absolute atomic E-state index is 11.4. The Balaban J connectivity index is 2.81. The lowest BCUT2D eigenvalue weighted by Gasteiger charge is -2.09. The topological polar surface area (TPSA) is 34.9 Å². The zero-order valence-electron chi connectivity index (χ0n) is 8.45. The summed E-state index contributed by atoms with van der Waals surface area (Å²) in [6.07, 6.45) is 4.12. The van der Waals surface area contributed by atoms with Crippen LogP contribution in [0.5, 0.6) is 0 Å². The number of hydrogen-bond acceptors (Lipinski definition) is 2. The summed E-state index contributed by atoms with van der Waals surface area (Å²) >= 11 is 0. The molecule has 3 heteroatoms. The molecule has 1 aromatic heterocycles. The molecule has 0 fully saturated rings. The average molecular weight is 180 g/mol. The van der Waals surface area contributed by atoms with E-state index in [4.69, 9.17) is 0 Å². The van der Waals surface area contributed by atoms with Gasteiger partial charge in [-0.25, -0.2) is 0 Å². The summed E-state index contributed by atoms with van der Waals surface area (Å²) in [5.41, 5.74) is 0.939. The third-order valence-electron chi connectivity index (χ3n) is 2.07.